The number of carbonyl (C=O) groups is 1. The normalized spacial score (nSPS) is 12.1. The van der Waals surface area contributed by atoms with Crippen LogP contribution >= 0.6 is 0 Å². The van der Waals surface area contributed by atoms with E-state index in [2.05, 4.69) is 10.3 Å². The molecule has 0 radical (unpaired) electrons. The van der Waals surface area contributed by atoms with E-state index in [1.54, 1.807) is 0 Å². The number of H-pyrrole nitrogens is 1. The molecule has 3 rings (SSSR count). The van der Waals surface area contributed by atoms with E-state index in [4.69, 9.17) is 0 Å². The van der Waals surface area contributed by atoms with Crippen molar-refractivity contribution in [3.8, 4) is 0 Å². The highest BCUT2D eigenvalue weighted by molar-refractivity contribution is 5.97. The fraction of sp³-hybridized carbons (Fsp3) is 0.273. The highest BCUT2D eigenvalue weighted by Gasteiger charge is 2.18. The largest absolute Gasteiger partial charge is 0.325 e. The summed E-state index contributed by atoms with van der Waals surface area (Å²) in [5.41, 5.74) is 4.19. The fourth-order valence-electron chi connectivity index (χ4n) is 3.50. The number of aryl methyl sites for hydroxylation is 1. The second kappa shape index (κ2) is 7.56. The third-order valence-corrected chi connectivity index (χ3v) is 4.95. The van der Waals surface area contributed by atoms with E-state index >= 15 is 0 Å². The third kappa shape index (κ3) is 3.40. The fourth-order valence-corrected chi connectivity index (χ4v) is 3.50. The number of aromatic nitrogens is 1. The van der Waals surface area contributed by atoms with Crippen LogP contribution in [0.15, 0.2) is 53.3 Å². The lowest BCUT2D eigenvalue weighted by Crippen LogP contribution is -2.21. The van der Waals surface area contributed by atoms with Crippen LogP contribution in [0, 0.1) is 6.92 Å². The van der Waals surface area contributed by atoms with Crippen LogP contribution in [-0.4, -0.2) is 10.9 Å². The number of pyridine rings is 1. The minimum absolute atomic E-state index is 0.0395. The van der Waals surface area contributed by atoms with E-state index in [9.17, 15) is 9.59 Å². The predicted molar refractivity (Wildman–Crippen MR) is 107 cm³/mol. The number of carbonyl (C=O) groups excluding carboxylic acids is 1. The van der Waals surface area contributed by atoms with Gasteiger partial charge in [-0.15, -0.1) is 0 Å². The van der Waals surface area contributed by atoms with Crippen molar-refractivity contribution in [3.05, 3.63) is 75.6 Å². The van der Waals surface area contributed by atoms with E-state index in [0.29, 0.717) is 12.1 Å². The minimum Gasteiger partial charge on any atom is -0.325 e. The molecule has 3 aromatic rings. The molecule has 1 unspecified atom stereocenters. The van der Waals surface area contributed by atoms with Gasteiger partial charge in [0.25, 0.3) is 5.56 Å². The smallest absolute Gasteiger partial charge is 0.251 e. The summed E-state index contributed by atoms with van der Waals surface area (Å²) >= 11 is 0. The first-order valence-corrected chi connectivity index (χ1v) is 9.06. The summed E-state index contributed by atoms with van der Waals surface area (Å²) in [4.78, 5) is 27.9. The summed E-state index contributed by atoms with van der Waals surface area (Å²) in [5, 5.41) is 4.00. The Kier molecular flexibility index (Phi) is 5.21. The Labute approximate surface area is 153 Å². The molecule has 0 aliphatic heterocycles. The topological polar surface area (TPSA) is 62.0 Å². The Balaban J connectivity index is 1.91. The van der Waals surface area contributed by atoms with Crippen LogP contribution in [0.4, 0.5) is 5.69 Å². The van der Waals surface area contributed by atoms with Crippen molar-refractivity contribution in [2.24, 2.45) is 0 Å². The molecule has 0 aliphatic carbocycles. The van der Waals surface area contributed by atoms with Gasteiger partial charge < -0.3 is 10.3 Å². The summed E-state index contributed by atoms with van der Waals surface area (Å²) in [5.74, 6) is -0.238. The van der Waals surface area contributed by atoms with Gasteiger partial charge in [0.2, 0.25) is 5.91 Å². The van der Waals surface area contributed by atoms with E-state index in [1.165, 1.54) is 0 Å². The molecule has 4 nitrogen and oxygen atoms in total. The molecule has 4 heteroatoms. The molecule has 0 fully saturated rings. The maximum atomic E-state index is 12.7. The Hall–Kier alpha value is -2.88. The molecule has 1 aromatic heterocycles. The molecule has 1 atom stereocenters. The highest BCUT2D eigenvalue weighted by atomic mass is 16.2. The summed E-state index contributed by atoms with van der Waals surface area (Å²) in [7, 11) is 0. The number of fused-ring (bicyclic) bond motifs is 1. The molecule has 26 heavy (non-hydrogen) atoms. The molecular formula is C22H24N2O2. The van der Waals surface area contributed by atoms with Crippen molar-refractivity contribution < 1.29 is 4.79 Å². The third-order valence-electron chi connectivity index (χ3n) is 4.95. The van der Waals surface area contributed by atoms with Crippen molar-refractivity contribution in [3.63, 3.8) is 0 Å². The first-order chi connectivity index (χ1) is 12.5. The Morgan fingerprint density at radius 3 is 2.50 bits per heavy atom. The average molecular weight is 348 g/mol. The molecule has 0 saturated carbocycles. The molecule has 0 aliphatic rings. The lowest BCUT2D eigenvalue weighted by atomic mass is 9.95. The second-order valence-corrected chi connectivity index (χ2v) is 6.53. The number of nitrogens with one attached hydrogen (secondary N) is 2. The molecule has 1 amide bonds. The molecule has 0 spiro atoms. The minimum atomic E-state index is -0.199. The van der Waals surface area contributed by atoms with Gasteiger partial charge in [-0.25, -0.2) is 0 Å². The van der Waals surface area contributed by atoms with Crippen molar-refractivity contribution >= 4 is 22.5 Å². The number of rotatable bonds is 5. The highest BCUT2D eigenvalue weighted by Crippen LogP contribution is 2.24. The Morgan fingerprint density at radius 1 is 1.12 bits per heavy atom. The molecule has 1 heterocycles. The number of benzene rings is 2. The summed E-state index contributed by atoms with van der Waals surface area (Å²) in [6, 6.07) is 15.5. The average Bonchev–Trinajstić information content (AvgIpc) is 2.63. The number of amides is 1. The summed E-state index contributed by atoms with van der Waals surface area (Å²) < 4.78 is 0. The van der Waals surface area contributed by atoms with Gasteiger partial charge >= 0.3 is 0 Å². The van der Waals surface area contributed by atoms with Crippen LogP contribution in [-0.2, 0) is 11.2 Å². The van der Waals surface area contributed by atoms with Gasteiger partial charge in [-0.2, -0.15) is 0 Å². The molecule has 2 aromatic carbocycles. The number of hydrogen-bond acceptors (Lipinski definition) is 2. The van der Waals surface area contributed by atoms with Crippen LogP contribution in [0.1, 0.15) is 42.9 Å². The van der Waals surface area contributed by atoms with E-state index in [-0.39, 0.29) is 17.4 Å². The van der Waals surface area contributed by atoms with Crippen LogP contribution < -0.4 is 10.9 Å². The molecule has 0 bridgehead atoms. The zero-order valence-corrected chi connectivity index (χ0v) is 15.4. The van der Waals surface area contributed by atoms with Gasteiger partial charge in [0.1, 0.15) is 0 Å². The van der Waals surface area contributed by atoms with Crippen molar-refractivity contribution in [1.82, 2.24) is 4.98 Å². The lowest BCUT2D eigenvalue weighted by Gasteiger charge is -2.16. The van der Waals surface area contributed by atoms with Crippen LogP contribution in [0.25, 0.3) is 10.9 Å². The molecule has 0 saturated heterocycles. The van der Waals surface area contributed by atoms with Gasteiger partial charge in [-0.3, -0.25) is 9.59 Å². The summed E-state index contributed by atoms with van der Waals surface area (Å²) in [6.45, 7) is 5.95. The Bertz CT molecular complexity index is 990. The lowest BCUT2D eigenvalue weighted by molar-refractivity contribution is -0.117. The van der Waals surface area contributed by atoms with Gasteiger partial charge in [0.05, 0.1) is 11.4 Å². The maximum Gasteiger partial charge on any atom is 0.251 e. The maximum absolute atomic E-state index is 12.7. The number of anilines is 1. The van der Waals surface area contributed by atoms with Gasteiger partial charge in [-0.05, 0) is 43.0 Å². The molecule has 134 valence electrons. The van der Waals surface area contributed by atoms with Crippen LogP contribution in [0.2, 0.25) is 0 Å². The van der Waals surface area contributed by atoms with Crippen LogP contribution in [0.3, 0.4) is 0 Å². The number of hydrogen-bond donors (Lipinski definition) is 2. The van der Waals surface area contributed by atoms with Gasteiger partial charge in [-0.1, -0.05) is 50.2 Å². The van der Waals surface area contributed by atoms with Crippen molar-refractivity contribution in [2.75, 3.05) is 5.32 Å². The van der Waals surface area contributed by atoms with Crippen LogP contribution in [0.5, 0.6) is 0 Å². The monoisotopic (exact) mass is 348 g/mol. The van der Waals surface area contributed by atoms with Crippen molar-refractivity contribution in [1.29, 1.82) is 0 Å². The van der Waals surface area contributed by atoms with Gasteiger partial charge in [0.15, 0.2) is 0 Å². The van der Waals surface area contributed by atoms with Crippen molar-refractivity contribution in [2.45, 2.75) is 39.5 Å². The van der Waals surface area contributed by atoms with E-state index in [1.807, 2.05) is 69.3 Å². The first-order valence-electron chi connectivity index (χ1n) is 9.06. The Morgan fingerprint density at radius 2 is 1.85 bits per heavy atom. The van der Waals surface area contributed by atoms with E-state index < -0.39 is 0 Å². The molecule has 2 N–H and O–H groups in total. The van der Waals surface area contributed by atoms with E-state index in [0.717, 1.165) is 34.0 Å². The first kappa shape index (κ1) is 17.9. The van der Waals surface area contributed by atoms with Gasteiger partial charge in [0, 0.05) is 16.6 Å². The number of aromatic amines is 1. The zero-order valence-electron chi connectivity index (χ0n) is 15.4. The standard InChI is InChI=1S/C22H24N2O2/c1-4-17-14(3)19-12-11-16(13-20(19)24-21(17)25)23-22(26)18(5-2)15-9-7-6-8-10-15/h6-13,18H,4-5H2,1-3H3,(H,23,26)(H,24,25). The zero-order chi connectivity index (χ0) is 18.7. The second-order valence-electron chi connectivity index (χ2n) is 6.53. The quantitative estimate of drug-likeness (QED) is 0.711. The predicted octanol–water partition coefficient (Wildman–Crippen LogP) is 4.53. The SMILES string of the molecule is CCc1c(C)c2ccc(NC(=O)C(CC)c3ccccc3)cc2[nH]c1=O. The molecular weight excluding hydrogens is 324 g/mol. The summed E-state index contributed by atoms with van der Waals surface area (Å²) in [6.07, 6.45) is 1.42.